The smallest absolute Gasteiger partial charge is 0.258 e. The monoisotopic (exact) mass is 168 g/mol. The molecule has 0 saturated heterocycles. The van der Waals surface area contributed by atoms with Crippen LogP contribution < -0.4 is 0 Å². The van der Waals surface area contributed by atoms with Crippen LogP contribution in [-0.2, 0) is 9.53 Å². The third-order valence-electron chi connectivity index (χ3n) is 1.53. The minimum Gasteiger partial charge on any atom is -0.381 e. The Morgan fingerprint density at radius 2 is 2.42 bits per heavy atom. The van der Waals surface area contributed by atoms with Crippen molar-refractivity contribution in [3.63, 3.8) is 0 Å². The molecule has 12 heavy (non-hydrogen) atoms. The molecule has 0 bridgehead atoms. The van der Waals surface area contributed by atoms with Crippen LogP contribution in [0.25, 0.3) is 0 Å². The summed E-state index contributed by atoms with van der Waals surface area (Å²) in [4.78, 5) is 18.8. The van der Waals surface area contributed by atoms with Crippen molar-refractivity contribution >= 4 is 18.0 Å². The lowest BCUT2D eigenvalue weighted by Crippen LogP contribution is -2.24. The number of rotatable bonds is 3. The number of hydrogen-bond acceptors (Lipinski definition) is 3. The SMILES string of the molecule is CCOCC1C=NC(C)=NC1=O. The number of nitrogens with zero attached hydrogens (tertiary/aromatic N) is 2. The average Bonchev–Trinajstić information content (AvgIpc) is 2.03. The van der Waals surface area contributed by atoms with E-state index in [0.29, 0.717) is 19.0 Å². The molecular weight excluding hydrogens is 156 g/mol. The van der Waals surface area contributed by atoms with E-state index < -0.39 is 0 Å². The first-order valence-electron chi connectivity index (χ1n) is 3.95. The minimum absolute atomic E-state index is 0.157. The van der Waals surface area contributed by atoms with Crippen LogP contribution in [-0.4, -0.2) is 31.2 Å². The predicted molar refractivity (Wildman–Crippen MR) is 46.6 cm³/mol. The second kappa shape index (κ2) is 4.11. The lowest BCUT2D eigenvalue weighted by atomic mass is 10.1. The summed E-state index contributed by atoms with van der Waals surface area (Å²) in [5.74, 6) is 0.0809. The van der Waals surface area contributed by atoms with E-state index in [4.69, 9.17) is 4.74 Å². The Balaban J connectivity index is 2.49. The molecule has 1 unspecified atom stereocenters. The fourth-order valence-electron chi connectivity index (χ4n) is 0.892. The van der Waals surface area contributed by atoms with Crippen molar-refractivity contribution in [2.75, 3.05) is 13.2 Å². The van der Waals surface area contributed by atoms with Crippen molar-refractivity contribution < 1.29 is 9.53 Å². The minimum atomic E-state index is -0.284. The Bertz CT molecular complexity index is 233. The Hall–Kier alpha value is -1.03. The quantitative estimate of drug-likeness (QED) is 0.621. The van der Waals surface area contributed by atoms with Gasteiger partial charge in [0.05, 0.1) is 12.5 Å². The topological polar surface area (TPSA) is 51.0 Å². The molecule has 0 aromatic carbocycles. The summed E-state index contributed by atoms with van der Waals surface area (Å²) >= 11 is 0. The van der Waals surface area contributed by atoms with Gasteiger partial charge in [-0.2, -0.15) is 4.99 Å². The van der Waals surface area contributed by atoms with Crippen LogP contribution in [0.3, 0.4) is 0 Å². The third-order valence-corrected chi connectivity index (χ3v) is 1.53. The van der Waals surface area contributed by atoms with E-state index in [0.717, 1.165) is 0 Å². The van der Waals surface area contributed by atoms with Crippen LogP contribution in [0.1, 0.15) is 13.8 Å². The third kappa shape index (κ3) is 2.23. The van der Waals surface area contributed by atoms with Crippen LogP contribution >= 0.6 is 0 Å². The molecule has 0 N–H and O–H groups in total. The van der Waals surface area contributed by atoms with E-state index in [1.54, 1.807) is 13.1 Å². The maximum absolute atomic E-state index is 11.2. The predicted octanol–water partition coefficient (Wildman–Crippen LogP) is 0.669. The molecule has 4 heteroatoms. The van der Waals surface area contributed by atoms with Gasteiger partial charge in [-0.05, 0) is 13.8 Å². The maximum Gasteiger partial charge on any atom is 0.258 e. The molecule has 1 heterocycles. The molecule has 1 aliphatic rings. The van der Waals surface area contributed by atoms with Gasteiger partial charge in [-0.25, -0.2) is 4.99 Å². The number of aliphatic imine (C=N–C) groups is 2. The van der Waals surface area contributed by atoms with Crippen LogP contribution in [0.2, 0.25) is 0 Å². The van der Waals surface area contributed by atoms with E-state index in [2.05, 4.69) is 9.98 Å². The average molecular weight is 168 g/mol. The second-order valence-corrected chi connectivity index (χ2v) is 2.54. The highest BCUT2D eigenvalue weighted by molar-refractivity contribution is 6.08. The van der Waals surface area contributed by atoms with Gasteiger partial charge in [-0.1, -0.05) is 0 Å². The summed E-state index contributed by atoms with van der Waals surface area (Å²) in [6.45, 7) is 4.58. The summed E-state index contributed by atoms with van der Waals surface area (Å²) < 4.78 is 5.10. The maximum atomic E-state index is 11.2. The Labute approximate surface area is 71.4 Å². The van der Waals surface area contributed by atoms with Crippen LogP contribution in [0.4, 0.5) is 0 Å². The van der Waals surface area contributed by atoms with Crippen LogP contribution in [0.15, 0.2) is 9.98 Å². The largest absolute Gasteiger partial charge is 0.381 e. The number of ether oxygens (including phenoxy) is 1. The van der Waals surface area contributed by atoms with Crippen molar-refractivity contribution in [1.82, 2.24) is 0 Å². The highest BCUT2D eigenvalue weighted by Crippen LogP contribution is 2.03. The first kappa shape index (κ1) is 9.06. The fourth-order valence-corrected chi connectivity index (χ4v) is 0.892. The summed E-state index contributed by atoms with van der Waals surface area (Å²) in [6, 6.07) is 0. The first-order chi connectivity index (χ1) is 5.74. The van der Waals surface area contributed by atoms with Gasteiger partial charge in [-0.15, -0.1) is 0 Å². The molecule has 1 aliphatic heterocycles. The highest BCUT2D eigenvalue weighted by atomic mass is 16.5. The number of amides is 1. The standard InChI is InChI=1S/C8H12N2O2/c1-3-12-5-7-4-9-6(2)10-8(7)11/h4,7H,3,5H2,1-2H3. The second-order valence-electron chi connectivity index (χ2n) is 2.54. The number of amidine groups is 1. The lowest BCUT2D eigenvalue weighted by Gasteiger charge is -2.10. The number of carbonyl (C=O) groups excluding carboxylic acids is 1. The summed E-state index contributed by atoms with van der Waals surface area (Å²) in [6.07, 6.45) is 1.60. The van der Waals surface area contributed by atoms with Crippen molar-refractivity contribution in [3.8, 4) is 0 Å². The molecule has 0 saturated carbocycles. The van der Waals surface area contributed by atoms with E-state index in [1.807, 2.05) is 6.92 Å². The zero-order valence-corrected chi connectivity index (χ0v) is 7.28. The number of hydrogen-bond donors (Lipinski definition) is 0. The van der Waals surface area contributed by atoms with Gasteiger partial charge < -0.3 is 4.74 Å². The number of carbonyl (C=O) groups is 1. The fraction of sp³-hybridized carbons (Fsp3) is 0.625. The molecule has 0 fully saturated rings. The molecule has 1 rings (SSSR count). The molecule has 0 aromatic rings. The Morgan fingerprint density at radius 3 is 3.00 bits per heavy atom. The molecule has 1 amide bonds. The molecule has 0 spiro atoms. The summed E-state index contributed by atoms with van der Waals surface area (Å²) in [5.41, 5.74) is 0. The van der Waals surface area contributed by atoms with Crippen LogP contribution in [0.5, 0.6) is 0 Å². The lowest BCUT2D eigenvalue weighted by molar-refractivity contribution is -0.121. The normalized spacial score (nSPS) is 22.7. The Morgan fingerprint density at radius 1 is 1.67 bits per heavy atom. The van der Waals surface area contributed by atoms with Gasteiger partial charge >= 0.3 is 0 Å². The summed E-state index contributed by atoms with van der Waals surface area (Å²) in [5, 5.41) is 0. The molecule has 0 aliphatic carbocycles. The zero-order chi connectivity index (χ0) is 8.97. The van der Waals surface area contributed by atoms with Gasteiger partial charge in [0, 0.05) is 12.8 Å². The van der Waals surface area contributed by atoms with Crippen molar-refractivity contribution in [2.24, 2.45) is 15.9 Å². The van der Waals surface area contributed by atoms with Crippen molar-refractivity contribution in [1.29, 1.82) is 0 Å². The zero-order valence-electron chi connectivity index (χ0n) is 7.28. The molecular formula is C8H12N2O2. The van der Waals surface area contributed by atoms with Gasteiger partial charge in [0.2, 0.25) is 0 Å². The van der Waals surface area contributed by atoms with E-state index in [9.17, 15) is 4.79 Å². The molecule has 0 radical (unpaired) electrons. The van der Waals surface area contributed by atoms with E-state index >= 15 is 0 Å². The van der Waals surface area contributed by atoms with Crippen LogP contribution in [0, 0.1) is 5.92 Å². The summed E-state index contributed by atoms with van der Waals surface area (Å²) in [7, 11) is 0. The van der Waals surface area contributed by atoms with Crippen molar-refractivity contribution in [3.05, 3.63) is 0 Å². The van der Waals surface area contributed by atoms with Crippen molar-refractivity contribution in [2.45, 2.75) is 13.8 Å². The van der Waals surface area contributed by atoms with E-state index in [-0.39, 0.29) is 11.8 Å². The van der Waals surface area contributed by atoms with E-state index in [1.165, 1.54) is 0 Å². The highest BCUT2D eigenvalue weighted by Gasteiger charge is 2.18. The molecule has 1 atom stereocenters. The van der Waals surface area contributed by atoms with Gasteiger partial charge in [0.1, 0.15) is 5.84 Å². The first-order valence-corrected chi connectivity index (χ1v) is 3.95. The van der Waals surface area contributed by atoms with Gasteiger partial charge in [0.25, 0.3) is 5.91 Å². The molecule has 4 nitrogen and oxygen atoms in total. The molecule has 0 aromatic heterocycles. The van der Waals surface area contributed by atoms with Gasteiger partial charge in [-0.3, -0.25) is 4.79 Å². The molecule has 66 valence electrons. The van der Waals surface area contributed by atoms with Gasteiger partial charge in [0.15, 0.2) is 0 Å². The Kier molecular flexibility index (Phi) is 3.10.